The number of hydrogen-bond donors (Lipinski definition) is 2. The van der Waals surface area contributed by atoms with Gasteiger partial charge in [-0.25, -0.2) is 4.79 Å². The molecule has 0 heterocycles. The summed E-state index contributed by atoms with van der Waals surface area (Å²) in [6.45, 7) is 8.62. The largest absolute Gasteiger partial charge is 0.372 e. The van der Waals surface area contributed by atoms with Crippen molar-refractivity contribution in [2.24, 2.45) is 0 Å². The lowest BCUT2D eigenvalue weighted by Crippen LogP contribution is -2.28. The average Bonchev–Trinajstić information content (AvgIpc) is 2.56. The van der Waals surface area contributed by atoms with Crippen LogP contribution in [0.3, 0.4) is 0 Å². The molecule has 2 N–H and O–H groups in total. The van der Waals surface area contributed by atoms with Gasteiger partial charge in [0.25, 0.3) is 0 Å². The minimum atomic E-state index is -0.228. The number of anilines is 2. The zero-order chi connectivity index (χ0) is 17.5. The molecule has 2 rings (SSSR count). The number of aryl methyl sites for hydroxylation is 1. The highest BCUT2D eigenvalue weighted by Gasteiger charge is 2.08. The van der Waals surface area contributed by atoms with Gasteiger partial charge in [0.15, 0.2) is 0 Å². The normalized spacial score (nSPS) is 10.3. The molecule has 0 aliphatic heterocycles. The number of halogens is 1. The number of nitrogens with zero attached hydrogens (tertiary/aromatic N) is 1. The Kier molecular flexibility index (Phi) is 6.50. The monoisotopic (exact) mass is 345 g/mol. The molecule has 5 heteroatoms. The molecule has 128 valence electrons. The molecule has 0 atom stereocenters. The number of nitrogens with one attached hydrogen (secondary N) is 2. The summed E-state index contributed by atoms with van der Waals surface area (Å²) < 4.78 is 0. The maximum absolute atomic E-state index is 12.1. The number of carbonyl (C=O) groups excluding carboxylic acids is 1. The lowest BCUT2D eigenvalue weighted by molar-refractivity contribution is 0.251. The topological polar surface area (TPSA) is 44.4 Å². The summed E-state index contributed by atoms with van der Waals surface area (Å²) in [6, 6.07) is 13.3. The first kappa shape index (κ1) is 18.1. The summed E-state index contributed by atoms with van der Waals surface area (Å²) in [5.41, 5.74) is 3.99. The van der Waals surface area contributed by atoms with Gasteiger partial charge in [0.2, 0.25) is 0 Å². The van der Waals surface area contributed by atoms with Gasteiger partial charge in [-0.3, -0.25) is 0 Å². The van der Waals surface area contributed by atoms with Crippen molar-refractivity contribution in [2.45, 2.75) is 27.3 Å². The van der Waals surface area contributed by atoms with Gasteiger partial charge in [-0.2, -0.15) is 0 Å². The van der Waals surface area contributed by atoms with Gasteiger partial charge in [0.05, 0.1) is 0 Å². The van der Waals surface area contributed by atoms with Crippen molar-refractivity contribution < 1.29 is 4.79 Å². The van der Waals surface area contributed by atoms with E-state index in [1.807, 2.05) is 43.3 Å². The number of rotatable bonds is 6. The summed E-state index contributed by atoms with van der Waals surface area (Å²) in [4.78, 5) is 14.4. The van der Waals surface area contributed by atoms with E-state index in [1.165, 1.54) is 5.69 Å². The molecule has 2 aromatic carbocycles. The molecule has 0 aromatic heterocycles. The predicted octanol–water partition coefficient (Wildman–Crippen LogP) is 4.82. The molecule has 2 amide bonds. The molecule has 0 saturated carbocycles. The maximum Gasteiger partial charge on any atom is 0.319 e. The molecular formula is C19H24ClN3O. The van der Waals surface area contributed by atoms with E-state index in [9.17, 15) is 4.79 Å². The standard InChI is InChI=1S/C19H24ClN3O/c1-4-23(5-2)17-9-10-18(14(3)11-17)22-19(24)21-13-15-7-6-8-16(20)12-15/h6-12H,4-5,13H2,1-3H3,(H2,21,22,24). The van der Waals surface area contributed by atoms with Crippen LogP contribution in [0, 0.1) is 6.92 Å². The van der Waals surface area contributed by atoms with Crippen LogP contribution in [0.5, 0.6) is 0 Å². The first-order valence-electron chi connectivity index (χ1n) is 8.18. The Morgan fingerprint density at radius 3 is 2.50 bits per heavy atom. The van der Waals surface area contributed by atoms with E-state index in [0.717, 1.165) is 29.9 Å². The van der Waals surface area contributed by atoms with Gasteiger partial charge in [0, 0.05) is 36.0 Å². The molecule has 0 fully saturated rings. The zero-order valence-electron chi connectivity index (χ0n) is 14.4. The van der Waals surface area contributed by atoms with E-state index >= 15 is 0 Å². The van der Waals surface area contributed by atoms with Crippen LogP contribution in [-0.2, 0) is 6.54 Å². The number of benzene rings is 2. The van der Waals surface area contributed by atoms with Crippen LogP contribution < -0.4 is 15.5 Å². The Hall–Kier alpha value is -2.20. The summed E-state index contributed by atoms with van der Waals surface area (Å²) >= 11 is 5.94. The van der Waals surface area contributed by atoms with Crippen molar-refractivity contribution in [1.29, 1.82) is 0 Å². The number of carbonyl (C=O) groups is 1. The molecule has 0 unspecified atom stereocenters. The van der Waals surface area contributed by atoms with E-state index in [-0.39, 0.29) is 6.03 Å². The highest BCUT2D eigenvalue weighted by Crippen LogP contribution is 2.22. The molecule has 0 saturated heterocycles. The summed E-state index contributed by atoms with van der Waals surface area (Å²) in [5.74, 6) is 0. The molecule has 0 spiro atoms. The van der Waals surface area contributed by atoms with Gasteiger partial charge in [-0.15, -0.1) is 0 Å². The van der Waals surface area contributed by atoms with E-state index in [2.05, 4.69) is 35.4 Å². The van der Waals surface area contributed by atoms with E-state index in [1.54, 1.807) is 0 Å². The third-order valence-corrected chi connectivity index (χ3v) is 4.16. The third kappa shape index (κ3) is 4.90. The second-order valence-corrected chi connectivity index (χ2v) is 6.05. The average molecular weight is 346 g/mol. The van der Waals surface area contributed by atoms with Gasteiger partial charge in [0.1, 0.15) is 0 Å². The molecular weight excluding hydrogens is 322 g/mol. The predicted molar refractivity (Wildman–Crippen MR) is 102 cm³/mol. The van der Waals surface area contributed by atoms with Crippen molar-refractivity contribution in [3.63, 3.8) is 0 Å². The van der Waals surface area contributed by atoms with Crippen molar-refractivity contribution >= 4 is 29.0 Å². The van der Waals surface area contributed by atoms with Crippen LogP contribution in [0.1, 0.15) is 25.0 Å². The highest BCUT2D eigenvalue weighted by molar-refractivity contribution is 6.30. The first-order valence-corrected chi connectivity index (χ1v) is 8.56. The maximum atomic E-state index is 12.1. The fourth-order valence-electron chi connectivity index (χ4n) is 2.57. The lowest BCUT2D eigenvalue weighted by Gasteiger charge is -2.22. The molecule has 4 nitrogen and oxygen atoms in total. The van der Waals surface area contributed by atoms with Gasteiger partial charge >= 0.3 is 6.03 Å². The first-order chi connectivity index (χ1) is 11.5. The fraction of sp³-hybridized carbons (Fsp3) is 0.316. The van der Waals surface area contributed by atoms with Crippen molar-refractivity contribution in [3.8, 4) is 0 Å². The fourth-order valence-corrected chi connectivity index (χ4v) is 2.78. The summed E-state index contributed by atoms with van der Waals surface area (Å²) in [6.07, 6.45) is 0. The smallest absolute Gasteiger partial charge is 0.319 e. The Morgan fingerprint density at radius 1 is 1.12 bits per heavy atom. The molecule has 2 aromatic rings. The molecule has 0 aliphatic rings. The van der Waals surface area contributed by atoms with Gasteiger partial charge in [-0.05, 0) is 62.2 Å². The lowest BCUT2D eigenvalue weighted by atomic mass is 10.1. The van der Waals surface area contributed by atoms with Crippen LogP contribution >= 0.6 is 11.6 Å². The molecule has 24 heavy (non-hydrogen) atoms. The van der Waals surface area contributed by atoms with Crippen molar-refractivity contribution in [3.05, 3.63) is 58.6 Å². The minimum Gasteiger partial charge on any atom is -0.372 e. The Morgan fingerprint density at radius 2 is 1.88 bits per heavy atom. The minimum absolute atomic E-state index is 0.228. The Bertz CT molecular complexity index is 699. The van der Waals surface area contributed by atoms with E-state index < -0.39 is 0 Å². The van der Waals surface area contributed by atoms with Gasteiger partial charge < -0.3 is 15.5 Å². The molecule has 0 bridgehead atoms. The second-order valence-electron chi connectivity index (χ2n) is 5.61. The van der Waals surface area contributed by atoms with Crippen molar-refractivity contribution in [1.82, 2.24) is 5.32 Å². The number of urea groups is 1. The molecule has 0 radical (unpaired) electrons. The number of hydrogen-bond acceptors (Lipinski definition) is 2. The zero-order valence-corrected chi connectivity index (χ0v) is 15.2. The number of amides is 2. The van der Waals surface area contributed by atoms with Gasteiger partial charge in [-0.1, -0.05) is 23.7 Å². The van der Waals surface area contributed by atoms with Crippen LogP contribution in [0.15, 0.2) is 42.5 Å². The summed E-state index contributed by atoms with van der Waals surface area (Å²) in [7, 11) is 0. The van der Waals surface area contributed by atoms with E-state index in [4.69, 9.17) is 11.6 Å². The van der Waals surface area contributed by atoms with Crippen molar-refractivity contribution in [2.75, 3.05) is 23.3 Å². The Balaban J connectivity index is 1.96. The molecule has 0 aliphatic carbocycles. The SMILES string of the molecule is CCN(CC)c1ccc(NC(=O)NCc2cccc(Cl)c2)c(C)c1. The second kappa shape index (κ2) is 8.60. The van der Waals surface area contributed by atoms with Crippen LogP contribution in [0.2, 0.25) is 5.02 Å². The third-order valence-electron chi connectivity index (χ3n) is 3.93. The Labute approximate surface area is 148 Å². The quantitative estimate of drug-likeness (QED) is 0.788. The van der Waals surface area contributed by atoms with Crippen LogP contribution in [0.25, 0.3) is 0 Å². The highest BCUT2D eigenvalue weighted by atomic mass is 35.5. The summed E-state index contributed by atoms with van der Waals surface area (Å²) in [5, 5.41) is 6.40. The van der Waals surface area contributed by atoms with E-state index in [0.29, 0.717) is 11.6 Å². The van der Waals surface area contributed by atoms with Crippen LogP contribution in [0.4, 0.5) is 16.2 Å². The van der Waals surface area contributed by atoms with Crippen LogP contribution in [-0.4, -0.2) is 19.1 Å².